The van der Waals surface area contributed by atoms with Crippen LogP contribution in [0, 0.1) is 0 Å². The highest BCUT2D eigenvalue weighted by molar-refractivity contribution is 5.66. The number of azo groups is 1. The molecule has 1 aromatic carbocycles. The van der Waals surface area contributed by atoms with E-state index >= 15 is 0 Å². The van der Waals surface area contributed by atoms with Crippen molar-refractivity contribution in [3.8, 4) is 11.9 Å². The Morgan fingerprint density at radius 2 is 1.71 bits per heavy atom. The van der Waals surface area contributed by atoms with Crippen molar-refractivity contribution in [2.45, 2.75) is 33.6 Å². The molecule has 0 saturated carbocycles. The van der Waals surface area contributed by atoms with Crippen molar-refractivity contribution in [1.82, 2.24) is 9.97 Å². The highest BCUT2D eigenvalue weighted by Gasteiger charge is 2.16. The molecule has 2 aromatic rings. The minimum absolute atomic E-state index is 0.242. The van der Waals surface area contributed by atoms with Crippen LogP contribution in [0.15, 0.2) is 34.5 Å². The van der Waals surface area contributed by atoms with Crippen LogP contribution in [0.2, 0.25) is 0 Å². The summed E-state index contributed by atoms with van der Waals surface area (Å²) < 4.78 is 16.2. The monoisotopic (exact) mass is 387 g/mol. The Morgan fingerprint density at radius 3 is 2.36 bits per heavy atom. The first kappa shape index (κ1) is 21.6. The van der Waals surface area contributed by atoms with Gasteiger partial charge in [0, 0.05) is 20.3 Å². The predicted octanol–water partition coefficient (Wildman–Crippen LogP) is 4.70. The lowest BCUT2D eigenvalue weighted by molar-refractivity contribution is 0.197. The van der Waals surface area contributed by atoms with Crippen LogP contribution in [-0.4, -0.2) is 43.4 Å². The molecule has 8 heteroatoms. The van der Waals surface area contributed by atoms with Gasteiger partial charge in [-0.05, 0) is 44.4 Å². The van der Waals surface area contributed by atoms with Crippen LogP contribution in [0.1, 0.15) is 32.8 Å². The van der Waals surface area contributed by atoms with Gasteiger partial charge in [-0.2, -0.15) is 15.1 Å². The van der Waals surface area contributed by atoms with Gasteiger partial charge >= 0.3 is 6.01 Å². The summed E-state index contributed by atoms with van der Waals surface area (Å²) in [4.78, 5) is 8.75. The number of aromatic nitrogens is 2. The van der Waals surface area contributed by atoms with E-state index < -0.39 is 0 Å². The molecule has 0 spiro atoms. The van der Waals surface area contributed by atoms with E-state index in [0.29, 0.717) is 43.8 Å². The van der Waals surface area contributed by atoms with E-state index in [4.69, 9.17) is 14.2 Å². The number of ether oxygens (including phenoxy) is 3. The largest absolute Gasteiger partial charge is 0.476 e. The third-order valence-corrected chi connectivity index (χ3v) is 3.81. The van der Waals surface area contributed by atoms with Crippen molar-refractivity contribution in [1.29, 1.82) is 0 Å². The third-order valence-electron chi connectivity index (χ3n) is 3.81. The molecule has 2 rings (SSSR count). The molecular weight excluding hydrogens is 358 g/mol. The standard InChI is InChI=1S/C20H29N5O3/c1-5-15-9-11-16(12-10-15)24-25-17-18(21-13-8-14-26-4)22-20(28-7-3)23-19(17)27-6-2/h9-12H,5-8,13-14H2,1-4H3,(H,21,22,23). The lowest BCUT2D eigenvalue weighted by Gasteiger charge is -2.13. The van der Waals surface area contributed by atoms with Crippen LogP contribution in [0.4, 0.5) is 17.2 Å². The molecule has 28 heavy (non-hydrogen) atoms. The maximum atomic E-state index is 5.67. The maximum Gasteiger partial charge on any atom is 0.321 e. The van der Waals surface area contributed by atoms with E-state index in [2.05, 4.69) is 32.4 Å². The van der Waals surface area contributed by atoms with Gasteiger partial charge in [0.25, 0.3) is 0 Å². The van der Waals surface area contributed by atoms with E-state index in [1.54, 1.807) is 7.11 Å². The average Bonchev–Trinajstić information content (AvgIpc) is 2.71. The second-order valence-corrected chi connectivity index (χ2v) is 5.87. The number of benzene rings is 1. The van der Waals surface area contributed by atoms with Gasteiger partial charge in [0.15, 0.2) is 11.5 Å². The lowest BCUT2D eigenvalue weighted by Crippen LogP contribution is -2.09. The minimum Gasteiger partial charge on any atom is -0.476 e. The van der Waals surface area contributed by atoms with Crippen molar-refractivity contribution in [3.63, 3.8) is 0 Å². The summed E-state index contributed by atoms with van der Waals surface area (Å²) in [5, 5.41) is 12.0. The number of nitrogens with zero attached hydrogens (tertiary/aromatic N) is 4. The van der Waals surface area contributed by atoms with Crippen LogP contribution < -0.4 is 14.8 Å². The first-order valence-electron chi connectivity index (χ1n) is 9.62. The van der Waals surface area contributed by atoms with Crippen molar-refractivity contribution in [3.05, 3.63) is 29.8 Å². The summed E-state index contributed by atoms with van der Waals surface area (Å²) in [5.74, 6) is 0.857. The number of aryl methyl sites for hydroxylation is 1. The molecule has 152 valence electrons. The second-order valence-electron chi connectivity index (χ2n) is 5.87. The number of hydrogen-bond acceptors (Lipinski definition) is 8. The van der Waals surface area contributed by atoms with Gasteiger partial charge < -0.3 is 19.5 Å². The summed E-state index contributed by atoms with van der Waals surface area (Å²) in [6, 6.07) is 8.19. The van der Waals surface area contributed by atoms with Gasteiger partial charge in [0.2, 0.25) is 5.88 Å². The van der Waals surface area contributed by atoms with E-state index in [-0.39, 0.29) is 6.01 Å². The number of nitrogens with one attached hydrogen (secondary N) is 1. The fraction of sp³-hybridized carbons (Fsp3) is 0.500. The van der Waals surface area contributed by atoms with Crippen LogP contribution in [-0.2, 0) is 11.2 Å². The molecule has 0 radical (unpaired) electrons. The molecule has 0 atom stereocenters. The first-order chi connectivity index (χ1) is 13.7. The third kappa shape index (κ3) is 6.45. The number of anilines is 1. The molecule has 0 aliphatic rings. The summed E-state index contributed by atoms with van der Waals surface area (Å²) in [6.07, 6.45) is 1.80. The van der Waals surface area contributed by atoms with Crippen LogP contribution in [0.5, 0.6) is 11.9 Å². The summed E-state index contributed by atoms with van der Waals surface area (Å²) in [7, 11) is 1.68. The Balaban J connectivity index is 2.33. The molecule has 0 aliphatic carbocycles. The normalized spacial score (nSPS) is 11.0. The van der Waals surface area contributed by atoms with Gasteiger partial charge in [-0.25, -0.2) is 0 Å². The first-order valence-corrected chi connectivity index (χ1v) is 9.62. The number of rotatable bonds is 12. The number of methoxy groups -OCH3 is 1. The van der Waals surface area contributed by atoms with Crippen molar-refractivity contribution < 1.29 is 14.2 Å². The van der Waals surface area contributed by atoms with E-state index in [1.165, 1.54) is 5.56 Å². The minimum atomic E-state index is 0.242. The fourth-order valence-corrected chi connectivity index (χ4v) is 2.39. The van der Waals surface area contributed by atoms with Crippen molar-refractivity contribution >= 4 is 17.2 Å². The molecule has 0 unspecified atom stereocenters. The Hall–Kier alpha value is -2.74. The van der Waals surface area contributed by atoms with E-state index in [1.807, 2.05) is 38.1 Å². The molecule has 0 saturated heterocycles. The molecule has 8 nitrogen and oxygen atoms in total. The van der Waals surface area contributed by atoms with E-state index in [0.717, 1.165) is 18.5 Å². The molecule has 1 N–H and O–H groups in total. The summed E-state index contributed by atoms with van der Waals surface area (Å²) in [5.41, 5.74) is 2.44. The lowest BCUT2D eigenvalue weighted by atomic mass is 10.2. The van der Waals surface area contributed by atoms with Gasteiger partial charge in [-0.1, -0.05) is 19.1 Å². The molecule has 0 fully saturated rings. The van der Waals surface area contributed by atoms with Gasteiger partial charge in [0.1, 0.15) is 0 Å². The Labute approximate surface area is 166 Å². The van der Waals surface area contributed by atoms with Crippen LogP contribution in [0.25, 0.3) is 0 Å². The molecular formula is C20H29N5O3. The molecule has 0 amide bonds. The number of hydrogen-bond donors (Lipinski definition) is 1. The average molecular weight is 387 g/mol. The zero-order chi connectivity index (χ0) is 20.2. The maximum absolute atomic E-state index is 5.67. The molecule has 0 bridgehead atoms. The summed E-state index contributed by atoms with van der Waals surface area (Å²) in [6.45, 7) is 8.09. The zero-order valence-electron chi connectivity index (χ0n) is 17.1. The Bertz CT molecular complexity index is 750. The Morgan fingerprint density at radius 1 is 0.964 bits per heavy atom. The van der Waals surface area contributed by atoms with Crippen LogP contribution >= 0.6 is 0 Å². The summed E-state index contributed by atoms with van der Waals surface area (Å²) >= 11 is 0. The van der Waals surface area contributed by atoms with E-state index in [9.17, 15) is 0 Å². The highest BCUT2D eigenvalue weighted by Crippen LogP contribution is 2.36. The van der Waals surface area contributed by atoms with Gasteiger partial charge in [-0.15, -0.1) is 5.11 Å². The van der Waals surface area contributed by atoms with Gasteiger partial charge in [0.05, 0.1) is 18.9 Å². The Kier molecular flexibility index (Phi) is 9.14. The van der Waals surface area contributed by atoms with Crippen molar-refractivity contribution in [2.24, 2.45) is 10.2 Å². The quantitative estimate of drug-likeness (QED) is 0.419. The highest BCUT2D eigenvalue weighted by atomic mass is 16.5. The second kappa shape index (κ2) is 11.9. The predicted molar refractivity (Wildman–Crippen MR) is 109 cm³/mol. The smallest absolute Gasteiger partial charge is 0.321 e. The molecule has 1 aromatic heterocycles. The molecule has 0 aliphatic heterocycles. The molecule has 1 heterocycles. The topological polar surface area (TPSA) is 90.2 Å². The zero-order valence-corrected chi connectivity index (χ0v) is 17.1. The van der Waals surface area contributed by atoms with Gasteiger partial charge in [-0.3, -0.25) is 0 Å². The fourth-order valence-electron chi connectivity index (χ4n) is 2.39. The van der Waals surface area contributed by atoms with Crippen LogP contribution in [0.3, 0.4) is 0 Å². The van der Waals surface area contributed by atoms with Crippen molar-refractivity contribution in [2.75, 3.05) is 38.8 Å². The SMILES string of the molecule is CCOc1nc(NCCCOC)c(N=Nc2ccc(CC)cc2)c(OCC)n1.